The maximum atomic E-state index is 5.46. The lowest BCUT2D eigenvalue weighted by Crippen LogP contribution is -2.46. The van der Waals surface area contributed by atoms with Crippen LogP contribution < -0.4 is 19.1 Å². The fourth-order valence-electron chi connectivity index (χ4n) is 3.63. The molecule has 2 aliphatic rings. The number of anilines is 1. The second-order valence-electron chi connectivity index (χ2n) is 6.82. The molecule has 138 valence electrons. The Bertz CT molecular complexity index is 725. The molecule has 4 rings (SSSR count). The van der Waals surface area contributed by atoms with Gasteiger partial charge in [0.2, 0.25) is 6.79 Å². The van der Waals surface area contributed by atoms with E-state index in [1.165, 1.54) is 17.7 Å². The third-order valence-corrected chi connectivity index (χ3v) is 5.19. The van der Waals surface area contributed by atoms with E-state index in [0.717, 1.165) is 56.4 Å². The molecule has 0 unspecified atom stereocenters. The van der Waals surface area contributed by atoms with E-state index in [1.807, 2.05) is 18.2 Å². The number of rotatable bonds is 6. The molecule has 26 heavy (non-hydrogen) atoms. The summed E-state index contributed by atoms with van der Waals surface area (Å²) in [5.41, 5.74) is 2.61. The number of ether oxygens (including phenoxy) is 3. The molecule has 0 spiro atoms. The number of piperazine rings is 1. The molecule has 0 N–H and O–H groups in total. The second-order valence-corrected chi connectivity index (χ2v) is 6.82. The molecule has 0 aromatic heterocycles. The molecule has 0 saturated carbocycles. The molecular formula is C21H26N2O3. The van der Waals surface area contributed by atoms with Crippen molar-refractivity contribution in [3.05, 3.63) is 48.0 Å². The summed E-state index contributed by atoms with van der Waals surface area (Å²) in [6.07, 6.45) is 2.25. The van der Waals surface area contributed by atoms with Crippen molar-refractivity contribution in [3.8, 4) is 17.2 Å². The summed E-state index contributed by atoms with van der Waals surface area (Å²) in [7, 11) is 1.71. The Hall–Kier alpha value is -2.40. The van der Waals surface area contributed by atoms with Crippen LogP contribution in [0.4, 0.5) is 5.69 Å². The number of aryl methyl sites for hydroxylation is 1. The molecule has 5 nitrogen and oxygen atoms in total. The van der Waals surface area contributed by atoms with Gasteiger partial charge >= 0.3 is 0 Å². The SMILES string of the molecule is COc1ccc(N2CCN(CCCc3ccc4c(c3)OCO4)CC2)cc1. The monoisotopic (exact) mass is 354 g/mol. The van der Waals surface area contributed by atoms with Crippen LogP contribution in [0, 0.1) is 0 Å². The Labute approximate surface area is 155 Å². The van der Waals surface area contributed by atoms with Gasteiger partial charge in [-0.15, -0.1) is 0 Å². The van der Waals surface area contributed by atoms with Crippen LogP contribution in [0.25, 0.3) is 0 Å². The molecular weight excluding hydrogens is 328 g/mol. The molecule has 2 aliphatic heterocycles. The first-order valence-corrected chi connectivity index (χ1v) is 9.32. The van der Waals surface area contributed by atoms with E-state index in [0.29, 0.717) is 6.79 Å². The number of methoxy groups -OCH3 is 1. The lowest BCUT2D eigenvalue weighted by atomic mass is 10.1. The van der Waals surface area contributed by atoms with Gasteiger partial charge in [0, 0.05) is 31.9 Å². The van der Waals surface area contributed by atoms with Gasteiger partial charge in [0.1, 0.15) is 5.75 Å². The molecule has 1 saturated heterocycles. The highest BCUT2D eigenvalue weighted by molar-refractivity contribution is 5.49. The zero-order valence-corrected chi connectivity index (χ0v) is 15.3. The Kier molecular flexibility index (Phi) is 5.16. The molecule has 1 fully saturated rings. The molecule has 5 heteroatoms. The Morgan fingerprint density at radius 3 is 2.46 bits per heavy atom. The quantitative estimate of drug-likeness (QED) is 0.796. The lowest BCUT2D eigenvalue weighted by molar-refractivity contribution is 0.174. The minimum Gasteiger partial charge on any atom is -0.497 e. The first-order valence-electron chi connectivity index (χ1n) is 9.32. The van der Waals surface area contributed by atoms with Crippen molar-refractivity contribution in [2.45, 2.75) is 12.8 Å². The van der Waals surface area contributed by atoms with E-state index in [9.17, 15) is 0 Å². The van der Waals surface area contributed by atoms with E-state index in [4.69, 9.17) is 14.2 Å². The van der Waals surface area contributed by atoms with Crippen LogP contribution >= 0.6 is 0 Å². The molecule has 2 aromatic rings. The van der Waals surface area contributed by atoms with E-state index in [1.54, 1.807) is 7.11 Å². The summed E-state index contributed by atoms with van der Waals surface area (Å²) < 4.78 is 16.1. The lowest BCUT2D eigenvalue weighted by Gasteiger charge is -2.36. The predicted molar refractivity (Wildman–Crippen MR) is 103 cm³/mol. The van der Waals surface area contributed by atoms with E-state index >= 15 is 0 Å². The third kappa shape index (κ3) is 3.88. The average Bonchev–Trinajstić information content (AvgIpc) is 3.16. The van der Waals surface area contributed by atoms with E-state index < -0.39 is 0 Å². The van der Waals surface area contributed by atoms with Crippen molar-refractivity contribution >= 4 is 5.69 Å². The largest absolute Gasteiger partial charge is 0.497 e. The predicted octanol–water partition coefficient (Wildman–Crippen LogP) is 3.18. The summed E-state index contributed by atoms with van der Waals surface area (Å²) in [6, 6.07) is 14.6. The fraction of sp³-hybridized carbons (Fsp3) is 0.429. The van der Waals surface area contributed by atoms with Gasteiger partial charge in [-0.2, -0.15) is 0 Å². The van der Waals surface area contributed by atoms with Crippen LogP contribution in [0.1, 0.15) is 12.0 Å². The summed E-state index contributed by atoms with van der Waals surface area (Å²) in [4.78, 5) is 5.01. The van der Waals surface area contributed by atoms with E-state index in [-0.39, 0.29) is 0 Å². The van der Waals surface area contributed by atoms with Crippen LogP contribution in [0.2, 0.25) is 0 Å². The highest BCUT2D eigenvalue weighted by Gasteiger charge is 2.17. The molecule has 0 amide bonds. The smallest absolute Gasteiger partial charge is 0.231 e. The van der Waals surface area contributed by atoms with Crippen molar-refractivity contribution in [2.24, 2.45) is 0 Å². The summed E-state index contributed by atoms with van der Waals surface area (Å²) in [5, 5.41) is 0. The minimum absolute atomic E-state index is 0.345. The maximum Gasteiger partial charge on any atom is 0.231 e. The first kappa shape index (κ1) is 17.0. The normalized spacial score (nSPS) is 16.7. The van der Waals surface area contributed by atoms with Gasteiger partial charge in [-0.3, -0.25) is 4.90 Å². The van der Waals surface area contributed by atoms with Crippen molar-refractivity contribution in [1.82, 2.24) is 4.90 Å². The molecule has 2 aromatic carbocycles. The average molecular weight is 354 g/mol. The van der Waals surface area contributed by atoms with Crippen LogP contribution in [-0.2, 0) is 6.42 Å². The third-order valence-electron chi connectivity index (χ3n) is 5.19. The van der Waals surface area contributed by atoms with Crippen molar-refractivity contribution in [3.63, 3.8) is 0 Å². The zero-order chi connectivity index (χ0) is 17.8. The standard InChI is InChI=1S/C21H26N2O3/c1-24-19-7-5-18(6-8-19)23-13-11-22(12-14-23)10-2-3-17-4-9-20-21(15-17)26-16-25-20/h4-9,15H,2-3,10-14,16H2,1H3. The number of hydrogen-bond donors (Lipinski definition) is 0. The summed E-state index contributed by atoms with van der Waals surface area (Å²) in [5.74, 6) is 2.66. The second kappa shape index (κ2) is 7.87. The molecule has 0 bridgehead atoms. The number of hydrogen-bond acceptors (Lipinski definition) is 5. The first-order chi connectivity index (χ1) is 12.8. The number of benzene rings is 2. The molecule has 0 atom stereocenters. The highest BCUT2D eigenvalue weighted by atomic mass is 16.7. The highest BCUT2D eigenvalue weighted by Crippen LogP contribution is 2.32. The summed E-state index contributed by atoms with van der Waals surface area (Å²) >= 11 is 0. The Morgan fingerprint density at radius 1 is 0.923 bits per heavy atom. The molecule has 0 aliphatic carbocycles. The van der Waals surface area contributed by atoms with Crippen LogP contribution in [0.15, 0.2) is 42.5 Å². The van der Waals surface area contributed by atoms with Crippen LogP contribution in [-0.4, -0.2) is 51.5 Å². The van der Waals surface area contributed by atoms with Crippen LogP contribution in [0.5, 0.6) is 17.2 Å². The van der Waals surface area contributed by atoms with Crippen molar-refractivity contribution in [1.29, 1.82) is 0 Å². The van der Waals surface area contributed by atoms with Gasteiger partial charge in [0.25, 0.3) is 0 Å². The Balaban J connectivity index is 1.21. The van der Waals surface area contributed by atoms with Gasteiger partial charge in [0.15, 0.2) is 11.5 Å². The number of fused-ring (bicyclic) bond motifs is 1. The zero-order valence-electron chi connectivity index (χ0n) is 15.3. The Morgan fingerprint density at radius 2 is 1.69 bits per heavy atom. The molecule has 2 heterocycles. The van der Waals surface area contributed by atoms with Gasteiger partial charge in [-0.25, -0.2) is 0 Å². The van der Waals surface area contributed by atoms with Gasteiger partial charge in [-0.1, -0.05) is 6.07 Å². The summed E-state index contributed by atoms with van der Waals surface area (Å²) in [6.45, 7) is 5.88. The fourth-order valence-corrected chi connectivity index (χ4v) is 3.63. The topological polar surface area (TPSA) is 34.2 Å². The minimum atomic E-state index is 0.345. The van der Waals surface area contributed by atoms with Gasteiger partial charge in [-0.05, 0) is 61.3 Å². The van der Waals surface area contributed by atoms with Gasteiger partial charge < -0.3 is 19.1 Å². The number of nitrogens with zero attached hydrogens (tertiary/aromatic N) is 2. The van der Waals surface area contributed by atoms with Crippen LogP contribution in [0.3, 0.4) is 0 Å². The van der Waals surface area contributed by atoms with Crippen molar-refractivity contribution < 1.29 is 14.2 Å². The molecule has 0 radical (unpaired) electrons. The van der Waals surface area contributed by atoms with Crippen molar-refractivity contribution in [2.75, 3.05) is 51.5 Å². The van der Waals surface area contributed by atoms with Gasteiger partial charge in [0.05, 0.1) is 7.11 Å². The van der Waals surface area contributed by atoms with E-state index in [2.05, 4.69) is 34.1 Å². The maximum absolute atomic E-state index is 5.46.